The molecule has 2 aromatic rings. The Kier molecular flexibility index (Phi) is 5.93. The molecule has 2 rings (SSSR count). The minimum Gasteiger partial charge on any atom is -0.315 e. The maximum Gasteiger partial charge on any atom is 0.209 e. The van der Waals surface area contributed by atoms with Gasteiger partial charge in [0, 0.05) is 23.6 Å². The molecule has 20 heavy (non-hydrogen) atoms. The van der Waals surface area contributed by atoms with Gasteiger partial charge in [-0.05, 0) is 17.0 Å². The molecule has 0 radical (unpaired) electrons. The number of likely N-dealkylation sites (N-methyl/N-ethyl adjacent to an activating group) is 1. The van der Waals surface area contributed by atoms with Crippen LogP contribution >= 0.6 is 23.1 Å². The van der Waals surface area contributed by atoms with Gasteiger partial charge in [0.15, 0.2) is 0 Å². The number of aromatic nitrogens is 5. The lowest BCUT2D eigenvalue weighted by atomic mass is 10.2. The molecular weight excluding hydrogens is 292 g/mol. The highest BCUT2D eigenvalue weighted by molar-refractivity contribution is 7.98. The second-order valence-corrected chi connectivity index (χ2v) is 6.49. The summed E-state index contributed by atoms with van der Waals surface area (Å²) in [5.41, 5.74) is 1.10. The minimum atomic E-state index is 0.490. The van der Waals surface area contributed by atoms with Crippen LogP contribution in [0.5, 0.6) is 0 Å². The van der Waals surface area contributed by atoms with Gasteiger partial charge in [-0.1, -0.05) is 32.5 Å². The van der Waals surface area contributed by atoms with Gasteiger partial charge in [-0.2, -0.15) is 0 Å². The zero-order chi connectivity index (χ0) is 14.4. The predicted octanol–water partition coefficient (Wildman–Crippen LogP) is 2.15. The summed E-state index contributed by atoms with van der Waals surface area (Å²) in [5, 5.41) is 19.2. The molecule has 2 heterocycles. The minimum absolute atomic E-state index is 0.490. The van der Waals surface area contributed by atoms with Crippen molar-refractivity contribution in [3.05, 3.63) is 16.1 Å². The van der Waals surface area contributed by atoms with Crippen molar-refractivity contribution in [1.29, 1.82) is 0 Å². The predicted molar refractivity (Wildman–Crippen MR) is 82.1 cm³/mol. The Morgan fingerprint density at radius 3 is 3.00 bits per heavy atom. The van der Waals surface area contributed by atoms with Crippen LogP contribution in [0.25, 0.3) is 0 Å². The van der Waals surface area contributed by atoms with Gasteiger partial charge in [-0.3, -0.25) is 0 Å². The monoisotopic (exact) mass is 312 g/mol. The fraction of sp³-hybridized carbons (Fsp3) is 0.667. The van der Waals surface area contributed by atoms with Gasteiger partial charge >= 0.3 is 0 Å². The molecular formula is C12H20N6S2. The Labute approximate surface area is 127 Å². The van der Waals surface area contributed by atoms with Crippen LogP contribution in [0.3, 0.4) is 0 Å². The lowest BCUT2D eigenvalue weighted by Gasteiger charge is -2.03. The molecule has 0 fully saturated rings. The van der Waals surface area contributed by atoms with Gasteiger partial charge in [0.25, 0.3) is 0 Å². The molecule has 0 aliphatic heterocycles. The Balaban J connectivity index is 1.88. The van der Waals surface area contributed by atoms with Crippen molar-refractivity contribution < 1.29 is 0 Å². The average molecular weight is 312 g/mol. The number of thiazole rings is 1. The Bertz CT molecular complexity index is 522. The van der Waals surface area contributed by atoms with E-state index in [1.165, 1.54) is 5.01 Å². The third kappa shape index (κ3) is 4.26. The summed E-state index contributed by atoms with van der Waals surface area (Å²) in [6, 6.07) is 0. The molecule has 110 valence electrons. The molecule has 0 aliphatic rings. The molecule has 0 spiro atoms. The van der Waals surface area contributed by atoms with E-state index < -0.39 is 0 Å². The Morgan fingerprint density at radius 1 is 1.45 bits per heavy atom. The van der Waals surface area contributed by atoms with Crippen LogP contribution in [-0.4, -0.2) is 38.3 Å². The van der Waals surface area contributed by atoms with Crippen molar-refractivity contribution in [3.8, 4) is 0 Å². The highest BCUT2D eigenvalue weighted by atomic mass is 32.2. The number of nitrogens with zero attached hydrogens (tertiary/aromatic N) is 5. The highest BCUT2D eigenvalue weighted by Crippen LogP contribution is 2.24. The molecule has 0 amide bonds. The summed E-state index contributed by atoms with van der Waals surface area (Å²) in [5.74, 6) is 1.30. The van der Waals surface area contributed by atoms with Crippen molar-refractivity contribution in [2.24, 2.45) is 0 Å². The first-order chi connectivity index (χ1) is 9.70. The number of thioether (sulfide) groups is 1. The van der Waals surface area contributed by atoms with Crippen LogP contribution in [0.1, 0.15) is 37.4 Å². The van der Waals surface area contributed by atoms with Crippen LogP contribution in [0.15, 0.2) is 10.5 Å². The molecule has 0 aromatic carbocycles. The molecule has 0 saturated carbocycles. The number of rotatable bonds is 8. The Hall–Kier alpha value is -0.990. The normalized spacial score (nSPS) is 11.4. The van der Waals surface area contributed by atoms with Crippen LogP contribution in [0.4, 0.5) is 0 Å². The Morgan fingerprint density at radius 2 is 2.30 bits per heavy atom. The van der Waals surface area contributed by atoms with E-state index in [9.17, 15) is 0 Å². The summed E-state index contributed by atoms with van der Waals surface area (Å²) in [6.45, 7) is 9.04. The van der Waals surface area contributed by atoms with Gasteiger partial charge in [-0.25, -0.2) is 9.67 Å². The highest BCUT2D eigenvalue weighted by Gasteiger charge is 2.10. The molecule has 2 aromatic heterocycles. The summed E-state index contributed by atoms with van der Waals surface area (Å²) in [4.78, 5) is 4.62. The summed E-state index contributed by atoms with van der Waals surface area (Å²) < 4.78 is 1.84. The van der Waals surface area contributed by atoms with E-state index in [2.05, 4.69) is 52.0 Å². The van der Waals surface area contributed by atoms with Crippen molar-refractivity contribution in [2.45, 2.75) is 44.1 Å². The zero-order valence-electron chi connectivity index (χ0n) is 12.0. The first kappa shape index (κ1) is 15.4. The van der Waals surface area contributed by atoms with Crippen LogP contribution in [0.2, 0.25) is 0 Å². The molecule has 8 heteroatoms. The van der Waals surface area contributed by atoms with E-state index in [4.69, 9.17) is 0 Å². The second kappa shape index (κ2) is 7.70. The first-order valence-corrected chi connectivity index (χ1v) is 8.61. The van der Waals surface area contributed by atoms with Crippen molar-refractivity contribution >= 4 is 23.1 Å². The zero-order valence-corrected chi connectivity index (χ0v) is 13.7. The third-order valence-corrected chi connectivity index (χ3v) is 4.85. The maximum absolute atomic E-state index is 4.62. The van der Waals surface area contributed by atoms with Crippen LogP contribution in [-0.2, 0) is 12.3 Å². The van der Waals surface area contributed by atoms with Gasteiger partial charge in [0.2, 0.25) is 5.16 Å². The number of hydrogen-bond acceptors (Lipinski definition) is 7. The van der Waals surface area contributed by atoms with E-state index in [1.54, 1.807) is 23.1 Å². The lowest BCUT2D eigenvalue weighted by molar-refractivity contribution is 0.517. The standard InChI is InChI=1S/C12H20N6S2/c1-4-13-5-6-18-12(15-16-17-18)20-8-10-7-19-11(14-10)9(2)3/h7,9,13H,4-6,8H2,1-3H3. The smallest absolute Gasteiger partial charge is 0.209 e. The molecule has 0 aliphatic carbocycles. The van der Waals surface area contributed by atoms with E-state index in [-0.39, 0.29) is 0 Å². The van der Waals surface area contributed by atoms with Gasteiger partial charge in [0.05, 0.1) is 17.2 Å². The van der Waals surface area contributed by atoms with Gasteiger partial charge in [-0.15, -0.1) is 16.4 Å². The maximum atomic E-state index is 4.62. The second-order valence-electron chi connectivity index (χ2n) is 4.66. The number of tetrazole rings is 1. The summed E-state index contributed by atoms with van der Waals surface area (Å²) in [6.07, 6.45) is 0. The number of nitrogens with one attached hydrogen (secondary N) is 1. The fourth-order valence-corrected chi connectivity index (χ4v) is 3.33. The van der Waals surface area contributed by atoms with Crippen LogP contribution in [0, 0.1) is 0 Å². The van der Waals surface area contributed by atoms with Crippen molar-refractivity contribution in [2.75, 3.05) is 13.1 Å². The molecule has 1 N–H and O–H groups in total. The fourth-order valence-electron chi connectivity index (χ4n) is 1.59. The molecule has 0 saturated heterocycles. The van der Waals surface area contributed by atoms with Gasteiger partial charge in [0.1, 0.15) is 0 Å². The lowest BCUT2D eigenvalue weighted by Crippen LogP contribution is -2.20. The topological polar surface area (TPSA) is 68.5 Å². The van der Waals surface area contributed by atoms with E-state index in [0.29, 0.717) is 5.92 Å². The third-order valence-electron chi connectivity index (χ3n) is 2.66. The van der Waals surface area contributed by atoms with E-state index >= 15 is 0 Å². The average Bonchev–Trinajstić information content (AvgIpc) is 3.05. The van der Waals surface area contributed by atoms with Crippen molar-refractivity contribution in [1.82, 2.24) is 30.5 Å². The quantitative estimate of drug-likeness (QED) is 0.595. The number of hydrogen-bond donors (Lipinski definition) is 1. The van der Waals surface area contributed by atoms with Crippen molar-refractivity contribution in [3.63, 3.8) is 0 Å². The molecule has 0 bridgehead atoms. The molecule has 0 atom stereocenters. The SMILES string of the molecule is CCNCCn1nnnc1SCc1csc(C(C)C)n1. The largest absolute Gasteiger partial charge is 0.315 e. The molecule has 0 unspecified atom stereocenters. The first-order valence-electron chi connectivity index (χ1n) is 6.74. The summed E-state index contributed by atoms with van der Waals surface area (Å²) >= 11 is 3.36. The van der Waals surface area contributed by atoms with Gasteiger partial charge < -0.3 is 5.32 Å². The molecule has 6 nitrogen and oxygen atoms in total. The van der Waals surface area contributed by atoms with E-state index in [1.807, 2.05) is 4.68 Å². The van der Waals surface area contributed by atoms with Crippen LogP contribution < -0.4 is 5.32 Å². The summed E-state index contributed by atoms with van der Waals surface area (Å²) in [7, 11) is 0. The van der Waals surface area contributed by atoms with E-state index in [0.717, 1.165) is 36.2 Å².